The molecule has 0 bridgehead atoms. The molecule has 0 aliphatic carbocycles. The average Bonchev–Trinajstić information content (AvgIpc) is 3.28. The maximum absolute atomic E-state index is 13.0. The highest BCUT2D eigenvalue weighted by Crippen LogP contribution is 2.26. The molecule has 0 spiro atoms. The highest BCUT2D eigenvalue weighted by atomic mass is 19.1. The second-order valence-corrected chi connectivity index (χ2v) is 6.69. The average molecular weight is 381 g/mol. The number of rotatable bonds is 5. The summed E-state index contributed by atoms with van der Waals surface area (Å²) < 4.78 is 20.2. The van der Waals surface area contributed by atoms with Gasteiger partial charge in [0.1, 0.15) is 17.9 Å². The number of carbonyl (C=O) groups excluding carboxylic acids is 1. The van der Waals surface area contributed by atoms with Crippen molar-refractivity contribution in [3.8, 4) is 11.6 Å². The van der Waals surface area contributed by atoms with E-state index < -0.39 is 0 Å². The predicted molar refractivity (Wildman–Crippen MR) is 99.6 cm³/mol. The molecule has 0 N–H and O–H groups in total. The molecule has 1 amide bonds. The molecule has 2 aromatic heterocycles. The first-order valence-corrected chi connectivity index (χ1v) is 9.15. The molecule has 1 aromatic carbocycles. The van der Waals surface area contributed by atoms with Gasteiger partial charge in [-0.1, -0.05) is 0 Å². The predicted octanol–water partition coefficient (Wildman–Crippen LogP) is 2.59. The van der Waals surface area contributed by atoms with Crippen LogP contribution in [0.15, 0.2) is 55.4 Å². The number of piperidine rings is 1. The smallest absolute Gasteiger partial charge is 0.260 e. The number of nitrogens with zero attached hydrogens (tertiary/aromatic N) is 5. The Morgan fingerprint density at radius 2 is 2.07 bits per heavy atom. The Morgan fingerprint density at radius 3 is 2.86 bits per heavy atom. The second-order valence-electron chi connectivity index (χ2n) is 6.69. The van der Waals surface area contributed by atoms with E-state index in [9.17, 15) is 9.18 Å². The molecule has 7 nitrogen and oxygen atoms in total. The van der Waals surface area contributed by atoms with Crippen LogP contribution in [0.2, 0.25) is 0 Å². The van der Waals surface area contributed by atoms with Gasteiger partial charge < -0.3 is 9.64 Å². The number of hydrogen-bond donors (Lipinski definition) is 0. The number of hydrogen-bond acceptors (Lipinski definition) is 5. The summed E-state index contributed by atoms with van der Waals surface area (Å²) in [6.45, 7) is 1.20. The minimum absolute atomic E-state index is 0.0703. The van der Waals surface area contributed by atoms with Crippen molar-refractivity contribution in [2.24, 2.45) is 0 Å². The Hall–Kier alpha value is -3.29. The molecule has 1 fully saturated rings. The van der Waals surface area contributed by atoms with Crippen LogP contribution in [0, 0.1) is 5.82 Å². The van der Waals surface area contributed by atoms with Gasteiger partial charge in [-0.2, -0.15) is 0 Å². The van der Waals surface area contributed by atoms with Gasteiger partial charge in [-0.05, 0) is 37.1 Å². The molecule has 3 aromatic rings. The molecule has 1 aliphatic heterocycles. The van der Waals surface area contributed by atoms with Crippen molar-refractivity contribution in [2.45, 2.75) is 18.8 Å². The van der Waals surface area contributed by atoms with Gasteiger partial charge in [0.05, 0.1) is 11.9 Å². The molecule has 1 atom stereocenters. The highest BCUT2D eigenvalue weighted by molar-refractivity contribution is 5.78. The van der Waals surface area contributed by atoms with Gasteiger partial charge in [0.2, 0.25) is 0 Å². The van der Waals surface area contributed by atoms with Crippen LogP contribution in [0.25, 0.3) is 5.82 Å². The van der Waals surface area contributed by atoms with E-state index in [1.807, 2.05) is 6.20 Å². The fraction of sp³-hybridized carbons (Fsp3) is 0.300. The zero-order chi connectivity index (χ0) is 19.3. The van der Waals surface area contributed by atoms with E-state index in [1.165, 1.54) is 24.3 Å². The van der Waals surface area contributed by atoms with Gasteiger partial charge in [0.25, 0.3) is 5.91 Å². The number of benzene rings is 1. The maximum Gasteiger partial charge on any atom is 0.260 e. The van der Waals surface area contributed by atoms with E-state index >= 15 is 0 Å². The summed E-state index contributed by atoms with van der Waals surface area (Å²) in [5.41, 5.74) is 0.864. The summed E-state index contributed by atoms with van der Waals surface area (Å²) in [7, 11) is 0. The highest BCUT2D eigenvalue weighted by Gasteiger charge is 2.26. The van der Waals surface area contributed by atoms with Crippen LogP contribution < -0.4 is 4.74 Å². The SMILES string of the molecule is O=C(COc1ccc(F)cc1)N1CCC[C@@H](c2cncc(-n3ccnc3)n2)C1. The third-order valence-electron chi connectivity index (χ3n) is 4.78. The Morgan fingerprint density at radius 1 is 1.21 bits per heavy atom. The quantitative estimate of drug-likeness (QED) is 0.679. The molecule has 1 aliphatic rings. The molecular weight excluding hydrogens is 361 g/mol. The normalized spacial score (nSPS) is 16.8. The van der Waals surface area contributed by atoms with Crippen LogP contribution in [-0.2, 0) is 4.79 Å². The zero-order valence-electron chi connectivity index (χ0n) is 15.2. The van der Waals surface area contributed by atoms with Gasteiger partial charge in [0, 0.05) is 37.6 Å². The van der Waals surface area contributed by atoms with Crippen molar-refractivity contribution in [1.82, 2.24) is 24.4 Å². The lowest BCUT2D eigenvalue weighted by atomic mass is 9.95. The summed E-state index contributed by atoms with van der Waals surface area (Å²) in [4.78, 5) is 27.4. The van der Waals surface area contributed by atoms with E-state index in [4.69, 9.17) is 9.72 Å². The Kier molecular flexibility index (Phi) is 5.27. The number of likely N-dealkylation sites (tertiary alicyclic amines) is 1. The van der Waals surface area contributed by atoms with Gasteiger partial charge in [-0.25, -0.2) is 14.4 Å². The fourth-order valence-corrected chi connectivity index (χ4v) is 3.30. The van der Waals surface area contributed by atoms with E-state index in [0.717, 1.165) is 18.5 Å². The molecule has 3 heterocycles. The third kappa shape index (κ3) is 4.16. The van der Waals surface area contributed by atoms with Crippen LogP contribution in [0.3, 0.4) is 0 Å². The number of amides is 1. The van der Waals surface area contributed by atoms with Gasteiger partial charge in [-0.3, -0.25) is 14.3 Å². The number of carbonyl (C=O) groups is 1. The van der Waals surface area contributed by atoms with Crippen LogP contribution in [0.5, 0.6) is 5.75 Å². The summed E-state index contributed by atoms with van der Waals surface area (Å²) in [6.07, 6.45) is 10.5. The monoisotopic (exact) mass is 381 g/mol. The number of aromatic nitrogens is 4. The van der Waals surface area contributed by atoms with Gasteiger partial charge >= 0.3 is 0 Å². The van der Waals surface area contributed by atoms with Crippen molar-refractivity contribution >= 4 is 5.91 Å². The standard InChI is InChI=1S/C20H20FN5O2/c21-16-3-5-17(6-4-16)28-13-20(27)25-8-1-2-15(12-25)18-10-23-11-19(24-18)26-9-7-22-14-26/h3-7,9-11,14-15H,1-2,8,12-13H2/t15-/m1/s1. The van der Waals surface area contributed by atoms with Crippen molar-refractivity contribution in [1.29, 1.82) is 0 Å². The van der Waals surface area contributed by atoms with Gasteiger partial charge in [0.15, 0.2) is 12.4 Å². The minimum Gasteiger partial charge on any atom is -0.484 e. The molecule has 0 saturated carbocycles. The minimum atomic E-state index is -0.336. The number of ether oxygens (including phenoxy) is 1. The van der Waals surface area contributed by atoms with Crippen molar-refractivity contribution in [3.05, 3.63) is 66.9 Å². The van der Waals surface area contributed by atoms with Crippen LogP contribution in [0.4, 0.5) is 4.39 Å². The van der Waals surface area contributed by atoms with E-state index in [1.54, 1.807) is 34.4 Å². The van der Waals surface area contributed by atoms with Crippen LogP contribution in [-0.4, -0.2) is 50.0 Å². The molecule has 0 unspecified atom stereocenters. The fourth-order valence-electron chi connectivity index (χ4n) is 3.30. The second kappa shape index (κ2) is 8.16. The van der Waals surface area contributed by atoms with Crippen molar-refractivity contribution in [3.63, 3.8) is 0 Å². The lowest BCUT2D eigenvalue weighted by Crippen LogP contribution is -2.41. The first kappa shape index (κ1) is 18.1. The molecule has 0 radical (unpaired) electrons. The number of halogens is 1. The first-order chi connectivity index (χ1) is 13.7. The van der Waals surface area contributed by atoms with Gasteiger partial charge in [-0.15, -0.1) is 0 Å². The Labute approximate surface area is 161 Å². The lowest BCUT2D eigenvalue weighted by Gasteiger charge is -2.32. The third-order valence-corrected chi connectivity index (χ3v) is 4.78. The first-order valence-electron chi connectivity index (χ1n) is 9.15. The lowest BCUT2D eigenvalue weighted by molar-refractivity contribution is -0.134. The van der Waals surface area contributed by atoms with Crippen LogP contribution >= 0.6 is 0 Å². The van der Waals surface area contributed by atoms with E-state index in [-0.39, 0.29) is 24.2 Å². The molecule has 28 heavy (non-hydrogen) atoms. The zero-order valence-corrected chi connectivity index (χ0v) is 15.2. The molecule has 144 valence electrons. The number of imidazole rings is 1. The maximum atomic E-state index is 13.0. The Bertz CT molecular complexity index is 930. The summed E-state index contributed by atoms with van der Waals surface area (Å²) in [5, 5.41) is 0. The van der Waals surface area contributed by atoms with E-state index in [2.05, 4.69) is 9.97 Å². The van der Waals surface area contributed by atoms with Crippen LogP contribution in [0.1, 0.15) is 24.5 Å². The largest absolute Gasteiger partial charge is 0.484 e. The molecule has 8 heteroatoms. The molecular formula is C20H20FN5O2. The summed E-state index contributed by atoms with van der Waals surface area (Å²) in [6, 6.07) is 5.64. The topological polar surface area (TPSA) is 73.1 Å². The summed E-state index contributed by atoms with van der Waals surface area (Å²) >= 11 is 0. The van der Waals surface area contributed by atoms with Crippen molar-refractivity contribution < 1.29 is 13.9 Å². The molecule has 1 saturated heterocycles. The van der Waals surface area contributed by atoms with E-state index in [0.29, 0.717) is 24.7 Å². The van der Waals surface area contributed by atoms with Crippen molar-refractivity contribution in [2.75, 3.05) is 19.7 Å². The summed E-state index contributed by atoms with van der Waals surface area (Å²) in [5.74, 6) is 0.879. The Balaban J connectivity index is 1.39. The molecule has 4 rings (SSSR count).